The van der Waals surface area contributed by atoms with E-state index in [0.717, 1.165) is 18.0 Å². The van der Waals surface area contributed by atoms with E-state index in [9.17, 15) is 10.2 Å². The van der Waals surface area contributed by atoms with Crippen LogP contribution in [-0.4, -0.2) is 45.4 Å². The van der Waals surface area contributed by atoms with E-state index in [-0.39, 0.29) is 0 Å². The van der Waals surface area contributed by atoms with Gasteiger partial charge in [0, 0.05) is 19.6 Å². The fraction of sp³-hybridized carbons (Fsp3) is 0.500. The monoisotopic (exact) mass is 278 g/mol. The summed E-state index contributed by atoms with van der Waals surface area (Å²) in [6.45, 7) is 3.65. The van der Waals surface area contributed by atoms with E-state index in [4.69, 9.17) is 8.83 Å². The predicted octanol–water partition coefficient (Wildman–Crippen LogP) is 1.17. The number of likely N-dealkylation sites (tertiary alicyclic amines) is 1. The number of nitrogens with zero attached hydrogens (tertiary/aromatic N) is 2. The summed E-state index contributed by atoms with van der Waals surface area (Å²) >= 11 is 0. The van der Waals surface area contributed by atoms with Crippen molar-refractivity contribution < 1.29 is 19.0 Å². The first-order valence-corrected chi connectivity index (χ1v) is 6.72. The summed E-state index contributed by atoms with van der Waals surface area (Å²) in [5, 5.41) is 19.2. The first kappa shape index (κ1) is 13.4. The number of rotatable bonds is 3. The average Bonchev–Trinajstić information content (AvgIpc) is 3.04. The number of β-amino-alcohol motifs (C(OH)–C–C–N with tert-alkyl or cyclic N) is 1. The van der Waals surface area contributed by atoms with Crippen LogP contribution in [0.2, 0.25) is 0 Å². The molecule has 0 spiro atoms. The number of aromatic nitrogens is 1. The second kappa shape index (κ2) is 5.40. The van der Waals surface area contributed by atoms with E-state index in [0.29, 0.717) is 31.2 Å². The van der Waals surface area contributed by atoms with Crippen molar-refractivity contribution in [3.05, 3.63) is 29.9 Å². The number of piperidine rings is 1. The summed E-state index contributed by atoms with van der Waals surface area (Å²) in [5.74, 6) is 1.82. The molecule has 2 N–H and O–H groups in total. The molecule has 0 bridgehead atoms. The van der Waals surface area contributed by atoms with Gasteiger partial charge in [0.2, 0.25) is 0 Å². The van der Waals surface area contributed by atoms with Gasteiger partial charge >= 0.3 is 0 Å². The van der Waals surface area contributed by atoms with Gasteiger partial charge in [-0.3, -0.25) is 4.90 Å². The molecule has 1 aliphatic rings. The fourth-order valence-corrected chi connectivity index (χ4v) is 2.42. The summed E-state index contributed by atoms with van der Waals surface area (Å²) < 4.78 is 10.9. The Hall–Kier alpha value is -1.63. The van der Waals surface area contributed by atoms with Crippen molar-refractivity contribution >= 4 is 0 Å². The molecule has 1 aliphatic heterocycles. The lowest BCUT2D eigenvalue weighted by Gasteiger charge is -2.32. The molecule has 6 heteroatoms. The normalized spacial score (nSPS) is 24.1. The molecule has 0 unspecified atom stereocenters. The van der Waals surface area contributed by atoms with Gasteiger partial charge in [-0.25, -0.2) is 4.98 Å². The lowest BCUT2D eigenvalue weighted by molar-refractivity contribution is -0.0406. The van der Waals surface area contributed by atoms with Gasteiger partial charge in [0.05, 0.1) is 24.2 Å². The Balaban J connectivity index is 1.72. The molecule has 2 aromatic rings. The van der Waals surface area contributed by atoms with Crippen LogP contribution in [0.15, 0.2) is 27.2 Å². The summed E-state index contributed by atoms with van der Waals surface area (Å²) in [7, 11) is 0. The predicted molar refractivity (Wildman–Crippen MR) is 70.8 cm³/mol. The zero-order valence-electron chi connectivity index (χ0n) is 11.3. The minimum absolute atomic E-state index is 0.448. The maximum Gasteiger partial charge on any atom is 0.263 e. The number of aliphatic hydroxyl groups is 2. The summed E-state index contributed by atoms with van der Waals surface area (Å²) in [5.41, 5.74) is 0.833. The summed E-state index contributed by atoms with van der Waals surface area (Å²) in [4.78, 5) is 6.51. The van der Waals surface area contributed by atoms with Gasteiger partial charge in [0.25, 0.3) is 5.89 Å². The Morgan fingerprint density at radius 3 is 2.95 bits per heavy atom. The Labute approximate surface area is 116 Å². The Morgan fingerprint density at radius 1 is 1.40 bits per heavy atom. The van der Waals surface area contributed by atoms with Crippen LogP contribution >= 0.6 is 0 Å². The molecule has 20 heavy (non-hydrogen) atoms. The molecule has 3 rings (SSSR count). The van der Waals surface area contributed by atoms with Crippen molar-refractivity contribution in [3.8, 4) is 11.7 Å². The minimum atomic E-state index is -0.694. The van der Waals surface area contributed by atoms with Crippen molar-refractivity contribution in [2.24, 2.45) is 0 Å². The van der Waals surface area contributed by atoms with Gasteiger partial charge in [-0.1, -0.05) is 0 Å². The highest BCUT2D eigenvalue weighted by Crippen LogP contribution is 2.23. The largest absolute Gasteiger partial charge is 0.459 e. The molecule has 0 aromatic carbocycles. The Morgan fingerprint density at radius 2 is 2.25 bits per heavy atom. The highest BCUT2D eigenvalue weighted by Gasteiger charge is 2.27. The molecule has 2 atom stereocenters. The standard InChI is InChI=1S/C14H18N2O4/c1-9-10(7-16-5-4-11(17)12(18)8-16)15-14(20-9)13-3-2-6-19-13/h2-3,6,11-12,17-18H,4-5,7-8H2,1H3/t11-,12-/m0/s1. The van der Waals surface area contributed by atoms with Gasteiger partial charge in [-0.2, -0.15) is 0 Å². The number of hydrogen-bond acceptors (Lipinski definition) is 6. The summed E-state index contributed by atoms with van der Waals surface area (Å²) in [6, 6.07) is 3.59. The third kappa shape index (κ3) is 2.63. The van der Waals surface area contributed by atoms with Gasteiger partial charge in [0.1, 0.15) is 5.76 Å². The molecular formula is C14H18N2O4. The number of hydrogen-bond donors (Lipinski definition) is 2. The van der Waals surface area contributed by atoms with Crippen molar-refractivity contribution in [2.45, 2.75) is 32.1 Å². The molecule has 0 aliphatic carbocycles. The third-order valence-electron chi connectivity index (χ3n) is 3.63. The second-order valence-corrected chi connectivity index (χ2v) is 5.16. The van der Waals surface area contributed by atoms with Crippen molar-refractivity contribution in [2.75, 3.05) is 13.1 Å². The molecule has 1 fully saturated rings. The minimum Gasteiger partial charge on any atom is -0.459 e. The van der Waals surface area contributed by atoms with Crippen LogP contribution in [-0.2, 0) is 6.54 Å². The highest BCUT2D eigenvalue weighted by molar-refractivity contribution is 5.44. The smallest absolute Gasteiger partial charge is 0.263 e. The van der Waals surface area contributed by atoms with E-state index in [1.165, 1.54) is 0 Å². The molecule has 0 radical (unpaired) electrons. The van der Waals surface area contributed by atoms with Crippen molar-refractivity contribution in [3.63, 3.8) is 0 Å². The van der Waals surface area contributed by atoms with E-state index in [1.807, 2.05) is 6.92 Å². The van der Waals surface area contributed by atoms with Crippen LogP contribution in [0.1, 0.15) is 17.9 Å². The lowest BCUT2D eigenvalue weighted by atomic mass is 10.1. The number of aliphatic hydroxyl groups excluding tert-OH is 2. The zero-order chi connectivity index (χ0) is 14.1. The van der Waals surface area contributed by atoms with Crippen LogP contribution < -0.4 is 0 Å². The van der Waals surface area contributed by atoms with Gasteiger partial charge in [0.15, 0.2) is 5.76 Å². The van der Waals surface area contributed by atoms with Crippen LogP contribution in [0.4, 0.5) is 0 Å². The lowest BCUT2D eigenvalue weighted by Crippen LogP contribution is -2.46. The van der Waals surface area contributed by atoms with E-state index in [2.05, 4.69) is 9.88 Å². The maximum atomic E-state index is 9.70. The molecule has 3 heterocycles. The third-order valence-corrected chi connectivity index (χ3v) is 3.63. The van der Waals surface area contributed by atoms with Crippen LogP contribution in [0.25, 0.3) is 11.7 Å². The van der Waals surface area contributed by atoms with Gasteiger partial charge < -0.3 is 19.0 Å². The number of aryl methyl sites for hydroxylation is 1. The van der Waals surface area contributed by atoms with E-state index in [1.54, 1.807) is 18.4 Å². The Bertz CT molecular complexity index is 564. The van der Waals surface area contributed by atoms with E-state index < -0.39 is 12.2 Å². The average molecular weight is 278 g/mol. The maximum absolute atomic E-state index is 9.70. The van der Waals surface area contributed by atoms with E-state index >= 15 is 0 Å². The van der Waals surface area contributed by atoms with Gasteiger partial charge in [-0.15, -0.1) is 0 Å². The summed E-state index contributed by atoms with van der Waals surface area (Å²) in [6.07, 6.45) is 0.837. The molecule has 0 saturated carbocycles. The zero-order valence-corrected chi connectivity index (χ0v) is 11.3. The topological polar surface area (TPSA) is 82.9 Å². The molecule has 1 saturated heterocycles. The van der Waals surface area contributed by atoms with Gasteiger partial charge in [-0.05, 0) is 25.5 Å². The molecule has 108 valence electrons. The molecular weight excluding hydrogens is 260 g/mol. The SMILES string of the molecule is Cc1oc(-c2ccco2)nc1CN1CC[C@H](O)[C@@H](O)C1. The van der Waals surface area contributed by atoms with Crippen LogP contribution in [0.3, 0.4) is 0 Å². The first-order chi connectivity index (χ1) is 9.63. The number of oxazole rings is 1. The molecule has 0 amide bonds. The van der Waals surface area contributed by atoms with Crippen LogP contribution in [0.5, 0.6) is 0 Å². The Kier molecular flexibility index (Phi) is 3.60. The van der Waals surface area contributed by atoms with Crippen LogP contribution in [0, 0.1) is 6.92 Å². The second-order valence-electron chi connectivity index (χ2n) is 5.16. The first-order valence-electron chi connectivity index (χ1n) is 6.72. The number of furan rings is 1. The quantitative estimate of drug-likeness (QED) is 0.877. The molecule has 2 aromatic heterocycles. The van der Waals surface area contributed by atoms with Crippen molar-refractivity contribution in [1.29, 1.82) is 0 Å². The molecule has 6 nitrogen and oxygen atoms in total. The highest BCUT2D eigenvalue weighted by atomic mass is 16.4. The van der Waals surface area contributed by atoms with Crippen molar-refractivity contribution in [1.82, 2.24) is 9.88 Å². The fourth-order valence-electron chi connectivity index (χ4n) is 2.42.